The number of carbonyl (C=O) groups is 2. The maximum Gasteiger partial charge on any atom is 0.231 e. The predicted molar refractivity (Wildman–Crippen MR) is 77.2 cm³/mol. The third-order valence-electron chi connectivity index (χ3n) is 5.81. The van der Waals surface area contributed by atoms with Gasteiger partial charge in [0.15, 0.2) is 11.5 Å². The summed E-state index contributed by atoms with van der Waals surface area (Å²) < 4.78 is 11.0. The molecule has 0 bridgehead atoms. The first-order valence-corrected chi connectivity index (χ1v) is 7.93. The van der Waals surface area contributed by atoms with E-state index in [0.29, 0.717) is 12.2 Å². The quantitative estimate of drug-likeness (QED) is 0.678. The van der Waals surface area contributed by atoms with Gasteiger partial charge in [0.05, 0.1) is 5.92 Å². The summed E-state index contributed by atoms with van der Waals surface area (Å²) in [5, 5.41) is 0. The molecule has 5 nitrogen and oxygen atoms in total. The number of ether oxygens (including phenoxy) is 2. The zero-order chi connectivity index (χ0) is 14.9. The van der Waals surface area contributed by atoms with Crippen molar-refractivity contribution < 1.29 is 19.1 Å². The standard InChI is InChI=1S/C17H17NO4/c19-12-8-17-3-1-4-18(17)5-2-10-6-13-14(22-9-21-13)7-11(10)15(17)16(12)20/h6-7,15H,1-5,8-9H2/t15?,17-/m0/s1. The van der Waals surface area contributed by atoms with Crippen LogP contribution in [0.2, 0.25) is 0 Å². The number of nitrogens with zero attached hydrogens (tertiary/aromatic N) is 1. The topological polar surface area (TPSA) is 55.8 Å². The number of benzene rings is 1. The molecule has 22 heavy (non-hydrogen) atoms. The van der Waals surface area contributed by atoms with Crippen molar-refractivity contribution in [2.24, 2.45) is 0 Å². The van der Waals surface area contributed by atoms with Crippen molar-refractivity contribution in [3.63, 3.8) is 0 Å². The smallest absolute Gasteiger partial charge is 0.231 e. The van der Waals surface area contributed by atoms with Gasteiger partial charge >= 0.3 is 0 Å². The van der Waals surface area contributed by atoms with Crippen LogP contribution < -0.4 is 9.47 Å². The van der Waals surface area contributed by atoms with Crippen LogP contribution in [0.15, 0.2) is 12.1 Å². The van der Waals surface area contributed by atoms with E-state index < -0.39 is 0 Å². The van der Waals surface area contributed by atoms with E-state index in [9.17, 15) is 9.59 Å². The summed E-state index contributed by atoms with van der Waals surface area (Å²) in [5.41, 5.74) is 1.84. The summed E-state index contributed by atoms with van der Waals surface area (Å²) in [5.74, 6) is 0.713. The van der Waals surface area contributed by atoms with E-state index in [4.69, 9.17) is 9.47 Å². The van der Waals surface area contributed by atoms with Gasteiger partial charge in [0, 0.05) is 18.5 Å². The van der Waals surface area contributed by atoms with Gasteiger partial charge in [0.2, 0.25) is 18.4 Å². The first kappa shape index (κ1) is 12.6. The van der Waals surface area contributed by atoms with Crippen molar-refractivity contribution >= 4 is 11.6 Å². The number of ketones is 2. The molecule has 0 N–H and O–H groups in total. The second-order valence-corrected chi connectivity index (χ2v) is 6.75. The number of fused-ring (bicyclic) bond motifs is 3. The summed E-state index contributed by atoms with van der Waals surface area (Å²) in [4.78, 5) is 27.2. The molecule has 1 aromatic carbocycles. The minimum absolute atomic E-state index is 0.206. The van der Waals surface area contributed by atoms with Crippen LogP contribution in [-0.4, -0.2) is 41.9 Å². The Morgan fingerprint density at radius 2 is 1.95 bits per heavy atom. The first-order valence-electron chi connectivity index (χ1n) is 7.93. The number of carbonyl (C=O) groups excluding carboxylic acids is 2. The summed E-state index contributed by atoms with van der Waals surface area (Å²) in [6, 6.07) is 3.95. The van der Waals surface area contributed by atoms with E-state index in [1.165, 1.54) is 0 Å². The van der Waals surface area contributed by atoms with Crippen molar-refractivity contribution in [1.29, 1.82) is 0 Å². The van der Waals surface area contributed by atoms with Gasteiger partial charge in [-0.1, -0.05) is 0 Å². The molecule has 1 aromatic rings. The molecule has 2 atom stereocenters. The number of rotatable bonds is 0. The van der Waals surface area contributed by atoms with Gasteiger partial charge in [0.25, 0.3) is 0 Å². The Morgan fingerprint density at radius 1 is 1.14 bits per heavy atom. The van der Waals surface area contributed by atoms with Gasteiger partial charge in [-0.25, -0.2) is 0 Å². The van der Waals surface area contributed by atoms with E-state index in [1.807, 2.05) is 12.1 Å². The highest BCUT2D eigenvalue weighted by Crippen LogP contribution is 2.53. The zero-order valence-electron chi connectivity index (χ0n) is 12.3. The molecular formula is C17H17NO4. The molecule has 5 heteroatoms. The maximum absolute atomic E-state index is 12.6. The van der Waals surface area contributed by atoms with Crippen LogP contribution in [0.1, 0.15) is 36.3 Å². The molecule has 1 spiro atoms. The Kier molecular flexibility index (Phi) is 2.36. The van der Waals surface area contributed by atoms with Gasteiger partial charge < -0.3 is 9.47 Å². The van der Waals surface area contributed by atoms with Gasteiger partial charge in [0.1, 0.15) is 0 Å². The minimum Gasteiger partial charge on any atom is -0.454 e. The Balaban J connectivity index is 1.74. The summed E-state index contributed by atoms with van der Waals surface area (Å²) in [7, 11) is 0. The molecule has 0 radical (unpaired) electrons. The molecule has 3 heterocycles. The van der Waals surface area contributed by atoms with Crippen LogP contribution in [0.25, 0.3) is 0 Å². The highest BCUT2D eigenvalue weighted by Gasteiger charge is 2.59. The lowest BCUT2D eigenvalue weighted by Gasteiger charge is -2.37. The number of hydrogen-bond donors (Lipinski definition) is 0. The predicted octanol–water partition coefficient (Wildman–Crippen LogP) is 1.43. The fraction of sp³-hybridized carbons (Fsp3) is 0.529. The molecule has 1 saturated carbocycles. The highest BCUT2D eigenvalue weighted by molar-refractivity contribution is 6.42. The lowest BCUT2D eigenvalue weighted by molar-refractivity contribution is -0.134. The van der Waals surface area contributed by atoms with E-state index in [2.05, 4.69) is 4.90 Å². The van der Waals surface area contributed by atoms with Crippen molar-refractivity contribution in [1.82, 2.24) is 4.90 Å². The summed E-state index contributed by atoms with van der Waals surface area (Å²) >= 11 is 0. The second-order valence-electron chi connectivity index (χ2n) is 6.75. The van der Waals surface area contributed by atoms with Crippen LogP contribution in [0, 0.1) is 0 Å². The Hall–Kier alpha value is -1.88. The van der Waals surface area contributed by atoms with Crippen molar-refractivity contribution in [3.05, 3.63) is 23.3 Å². The first-order chi connectivity index (χ1) is 10.7. The fourth-order valence-corrected chi connectivity index (χ4v) is 4.86. The number of Topliss-reactive ketones (excluding diaryl/α,β-unsaturated/α-hetero) is 2. The van der Waals surface area contributed by atoms with Gasteiger partial charge in [-0.15, -0.1) is 0 Å². The normalized spacial score (nSPS) is 32.6. The third-order valence-corrected chi connectivity index (χ3v) is 5.81. The van der Waals surface area contributed by atoms with Crippen molar-refractivity contribution in [2.45, 2.75) is 37.1 Å². The lowest BCUT2D eigenvalue weighted by atomic mass is 9.79. The molecule has 4 aliphatic rings. The molecule has 0 amide bonds. The van der Waals surface area contributed by atoms with Crippen LogP contribution in [-0.2, 0) is 16.0 Å². The summed E-state index contributed by atoms with van der Waals surface area (Å²) in [6.07, 6.45) is 3.27. The molecule has 1 unspecified atom stereocenters. The van der Waals surface area contributed by atoms with Crippen molar-refractivity contribution in [2.75, 3.05) is 19.9 Å². The fourth-order valence-electron chi connectivity index (χ4n) is 4.86. The Labute approximate surface area is 128 Å². The zero-order valence-corrected chi connectivity index (χ0v) is 12.3. The average Bonchev–Trinajstić information content (AvgIpc) is 3.15. The average molecular weight is 299 g/mol. The van der Waals surface area contributed by atoms with Crippen LogP contribution in [0.5, 0.6) is 11.5 Å². The van der Waals surface area contributed by atoms with E-state index in [-0.39, 0.29) is 29.8 Å². The molecule has 1 saturated heterocycles. The minimum atomic E-state index is -0.325. The van der Waals surface area contributed by atoms with E-state index >= 15 is 0 Å². The SMILES string of the molecule is O=C1C[C@]23CCCN2CCc2cc4c(cc2C3C1=O)OCO4. The van der Waals surface area contributed by atoms with Crippen LogP contribution in [0.4, 0.5) is 0 Å². The van der Waals surface area contributed by atoms with E-state index in [0.717, 1.165) is 49.2 Å². The lowest BCUT2D eigenvalue weighted by Crippen LogP contribution is -2.46. The van der Waals surface area contributed by atoms with Gasteiger partial charge in [-0.05, 0) is 49.1 Å². The maximum atomic E-state index is 12.6. The molecular weight excluding hydrogens is 282 g/mol. The van der Waals surface area contributed by atoms with Gasteiger partial charge in [-0.3, -0.25) is 14.5 Å². The monoisotopic (exact) mass is 299 g/mol. The van der Waals surface area contributed by atoms with Crippen LogP contribution >= 0.6 is 0 Å². The van der Waals surface area contributed by atoms with Crippen molar-refractivity contribution in [3.8, 4) is 11.5 Å². The molecule has 3 aliphatic heterocycles. The second kappa shape index (κ2) is 4.10. The Bertz CT molecular complexity index is 713. The molecule has 1 aliphatic carbocycles. The van der Waals surface area contributed by atoms with Gasteiger partial charge in [-0.2, -0.15) is 0 Å². The highest BCUT2D eigenvalue weighted by atomic mass is 16.7. The molecule has 114 valence electrons. The van der Waals surface area contributed by atoms with E-state index in [1.54, 1.807) is 0 Å². The third kappa shape index (κ3) is 1.42. The number of hydrogen-bond acceptors (Lipinski definition) is 5. The summed E-state index contributed by atoms with van der Waals surface area (Å²) in [6.45, 7) is 2.12. The Morgan fingerprint density at radius 3 is 2.82 bits per heavy atom. The molecule has 5 rings (SSSR count). The molecule has 0 aromatic heterocycles. The molecule has 2 fully saturated rings. The van der Waals surface area contributed by atoms with Crippen LogP contribution in [0.3, 0.4) is 0 Å². The largest absolute Gasteiger partial charge is 0.454 e.